The first-order chi connectivity index (χ1) is 14.4. The van der Waals surface area contributed by atoms with Crippen LogP contribution in [0.1, 0.15) is 38.2 Å². The van der Waals surface area contributed by atoms with Gasteiger partial charge in [0.05, 0.1) is 4.90 Å². The molecule has 1 heterocycles. The van der Waals surface area contributed by atoms with Crippen molar-refractivity contribution in [1.29, 1.82) is 0 Å². The number of aliphatic imine (C=N–C) groups is 1. The third-order valence-corrected chi connectivity index (χ3v) is 8.26. The summed E-state index contributed by atoms with van der Waals surface area (Å²) in [4.78, 5) is 10.4. The molecule has 6 nitrogen and oxygen atoms in total. The van der Waals surface area contributed by atoms with Gasteiger partial charge in [0.1, 0.15) is 0 Å². The molecule has 1 aliphatic heterocycles. The van der Waals surface area contributed by atoms with Gasteiger partial charge in [-0.2, -0.15) is 0 Å². The third kappa shape index (κ3) is 4.99. The smallest absolute Gasteiger partial charge is 0.194 e. The molecule has 7 heteroatoms. The van der Waals surface area contributed by atoms with Crippen LogP contribution in [0.5, 0.6) is 0 Å². The molecule has 2 aliphatic carbocycles. The Hall–Kier alpha value is -1.60. The summed E-state index contributed by atoms with van der Waals surface area (Å²) in [5, 5.41) is 3.46. The van der Waals surface area contributed by atoms with Crippen molar-refractivity contribution in [2.24, 2.45) is 16.8 Å². The van der Waals surface area contributed by atoms with Gasteiger partial charge in [0.25, 0.3) is 0 Å². The second-order valence-corrected chi connectivity index (χ2v) is 11.2. The van der Waals surface area contributed by atoms with E-state index in [0.717, 1.165) is 68.5 Å². The molecule has 2 bridgehead atoms. The molecular formula is C23H36N4O2S. The highest BCUT2D eigenvalue weighted by molar-refractivity contribution is 7.90. The van der Waals surface area contributed by atoms with E-state index in [9.17, 15) is 8.42 Å². The van der Waals surface area contributed by atoms with E-state index in [2.05, 4.69) is 22.0 Å². The Bertz CT molecular complexity index is 844. The number of guanidine groups is 1. The van der Waals surface area contributed by atoms with Crippen molar-refractivity contribution in [2.75, 3.05) is 45.5 Å². The van der Waals surface area contributed by atoms with E-state index in [4.69, 9.17) is 4.99 Å². The van der Waals surface area contributed by atoms with Gasteiger partial charge in [-0.1, -0.05) is 18.6 Å². The lowest BCUT2D eigenvalue weighted by Crippen LogP contribution is -2.55. The molecule has 0 spiro atoms. The molecule has 3 unspecified atom stereocenters. The van der Waals surface area contributed by atoms with Crippen LogP contribution in [0.4, 0.5) is 0 Å². The Morgan fingerprint density at radius 3 is 2.40 bits per heavy atom. The van der Waals surface area contributed by atoms with Crippen molar-refractivity contribution in [1.82, 2.24) is 15.1 Å². The first kappa shape index (κ1) is 21.6. The van der Waals surface area contributed by atoms with Crippen LogP contribution in [0.25, 0.3) is 0 Å². The van der Waals surface area contributed by atoms with E-state index in [1.165, 1.54) is 31.9 Å². The first-order valence-electron chi connectivity index (χ1n) is 11.5. The van der Waals surface area contributed by atoms with E-state index < -0.39 is 9.84 Å². The van der Waals surface area contributed by atoms with Crippen LogP contribution >= 0.6 is 0 Å². The number of rotatable bonds is 6. The maximum Gasteiger partial charge on any atom is 0.194 e. The Morgan fingerprint density at radius 1 is 1.10 bits per heavy atom. The van der Waals surface area contributed by atoms with E-state index in [1.54, 1.807) is 12.1 Å². The Morgan fingerprint density at radius 2 is 1.83 bits per heavy atom. The number of nitrogens with one attached hydrogen (secondary N) is 1. The largest absolute Gasteiger partial charge is 0.357 e. The lowest BCUT2D eigenvalue weighted by atomic mass is 9.93. The first-order valence-corrected chi connectivity index (χ1v) is 13.4. The highest BCUT2D eigenvalue weighted by Crippen LogP contribution is 2.46. The van der Waals surface area contributed by atoms with Crippen molar-refractivity contribution in [3.63, 3.8) is 0 Å². The molecule has 1 saturated heterocycles. The molecular weight excluding hydrogens is 396 g/mol. The van der Waals surface area contributed by atoms with Crippen LogP contribution in [0.2, 0.25) is 0 Å². The molecule has 1 N–H and O–H groups in total. The van der Waals surface area contributed by atoms with Crippen molar-refractivity contribution in [3.8, 4) is 0 Å². The zero-order valence-electron chi connectivity index (χ0n) is 18.4. The second kappa shape index (κ2) is 9.27. The van der Waals surface area contributed by atoms with Crippen LogP contribution < -0.4 is 5.32 Å². The normalized spacial score (nSPS) is 27.6. The summed E-state index contributed by atoms with van der Waals surface area (Å²) in [5.41, 5.74) is 1.11. The predicted molar refractivity (Wildman–Crippen MR) is 122 cm³/mol. The summed E-state index contributed by atoms with van der Waals surface area (Å²) in [6.07, 6.45) is 7.87. The number of piperazine rings is 1. The van der Waals surface area contributed by atoms with Gasteiger partial charge in [-0.25, -0.2) is 8.42 Å². The van der Waals surface area contributed by atoms with E-state index in [-0.39, 0.29) is 0 Å². The third-order valence-electron chi connectivity index (χ3n) is 7.13. The van der Waals surface area contributed by atoms with Gasteiger partial charge in [-0.15, -0.1) is 0 Å². The summed E-state index contributed by atoms with van der Waals surface area (Å²) in [6, 6.07) is 8.00. The fourth-order valence-electron chi connectivity index (χ4n) is 5.54. The minimum Gasteiger partial charge on any atom is -0.357 e. The van der Waals surface area contributed by atoms with Gasteiger partial charge in [0.2, 0.25) is 0 Å². The van der Waals surface area contributed by atoms with Gasteiger partial charge in [0.15, 0.2) is 15.8 Å². The molecule has 166 valence electrons. The predicted octanol–water partition coefficient (Wildman–Crippen LogP) is 2.40. The van der Waals surface area contributed by atoms with Gasteiger partial charge in [-0.05, 0) is 62.1 Å². The molecule has 0 aromatic heterocycles. The number of hydrogen-bond acceptors (Lipinski definition) is 4. The van der Waals surface area contributed by atoms with Crippen molar-refractivity contribution in [3.05, 3.63) is 29.8 Å². The highest BCUT2D eigenvalue weighted by Gasteiger charge is 2.42. The highest BCUT2D eigenvalue weighted by atomic mass is 32.2. The number of benzene rings is 1. The average molecular weight is 433 g/mol. The topological polar surface area (TPSA) is 65.0 Å². The lowest BCUT2D eigenvalue weighted by molar-refractivity contribution is 0.0958. The number of nitrogens with zero attached hydrogens (tertiary/aromatic N) is 3. The second-order valence-electron chi connectivity index (χ2n) is 9.17. The van der Waals surface area contributed by atoms with Gasteiger partial charge in [-0.3, -0.25) is 9.89 Å². The molecule has 0 radical (unpaired) electrons. The van der Waals surface area contributed by atoms with Crippen LogP contribution in [0, 0.1) is 11.8 Å². The molecule has 30 heavy (non-hydrogen) atoms. The molecule has 2 saturated carbocycles. The molecule has 0 amide bonds. The Labute approximate surface area is 181 Å². The minimum atomic E-state index is -3.14. The maximum atomic E-state index is 11.6. The Balaban J connectivity index is 1.29. The van der Waals surface area contributed by atoms with Gasteiger partial charge < -0.3 is 10.2 Å². The zero-order valence-corrected chi connectivity index (χ0v) is 19.2. The van der Waals surface area contributed by atoms with Crippen LogP contribution in [0.3, 0.4) is 0 Å². The number of sulfone groups is 1. The fourth-order valence-corrected chi connectivity index (χ4v) is 6.17. The fraction of sp³-hybridized carbons (Fsp3) is 0.696. The molecule has 3 aliphatic rings. The number of hydrogen-bond donors (Lipinski definition) is 1. The summed E-state index contributed by atoms with van der Waals surface area (Å²) in [5.74, 6) is 2.97. The average Bonchev–Trinajstić information content (AvgIpc) is 3.37. The molecule has 1 aromatic carbocycles. The van der Waals surface area contributed by atoms with Crippen LogP contribution in [0.15, 0.2) is 34.2 Å². The zero-order chi connectivity index (χ0) is 21.1. The summed E-state index contributed by atoms with van der Waals surface area (Å²) < 4.78 is 23.2. The summed E-state index contributed by atoms with van der Waals surface area (Å²) in [6.45, 7) is 8.06. The standard InChI is InChI=1S/C23H36N4O2S/c1-3-24-23(25-11-10-18-5-8-21(9-6-18)30(2,28)29)27-14-12-26(13-15-27)22-17-19-4-7-20(22)16-19/h5-6,8-9,19-20,22H,3-4,7,10-17H2,1-2H3,(H,24,25). The summed E-state index contributed by atoms with van der Waals surface area (Å²) >= 11 is 0. The maximum absolute atomic E-state index is 11.6. The van der Waals surface area contributed by atoms with Gasteiger partial charge >= 0.3 is 0 Å². The van der Waals surface area contributed by atoms with E-state index in [0.29, 0.717) is 11.4 Å². The van der Waals surface area contributed by atoms with Gasteiger partial charge in [0, 0.05) is 51.6 Å². The lowest BCUT2D eigenvalue weighted by Gasteiger charge is -2.42. The monoisotopic (exact) mass is 432 g/mol. The van der Waals surface area contributed by atoms with E-state index in [1.807, 2.05) is 12.1 Å². The molecule has 4 rings (SSSR count). The minimum absolute atomic E-state index is 0.372. The quantitative estimate of drug-likeness (QED) is 0.552. The van der Waals surface area contributed by atoms with Crippen molar-refractivity contribution >= 4 is 15.8 Å². The number of fused-ring (bicyclic) bond motifs is 2. The molecule has 3 atom stereocenters. The molecule has 3 fully saturated rings. The SMILES string of the molecule is CCNC(=NCCc1ccc(S(C)(=O)=O)cc1)N1CCN(C2CC3CCC2C3)CC1. The van der Waals surface area contributed by atoms with Crippen LogP contribution in [-0.4, -0.2) is 75.7 Å². The Kier molecular flexibility index (Phi) is 6.68. The summed E-state index contributed by atoms with van der Waals surface area (Å²) in [7, 11) is -3.14. The van der Waals surface area contributed by atoms with Crippen LogP contribution in [-0.2, 0) is 16.3 Å². The van der Waals surface area contributed by atoms with E-state index >= 15 is 0 Å². The van der Waals surface area contributed by atoms with Crippen molar-refractivity contribution < 1.29 is 8.42 Å². The van der Waals surface area contributed by atoms with Crippen molar-refractivity contribution in [2.45, 2.75) is 50.0 Å². The molecule has 1 aromatic rings.